The number of rotatable bonds is 40. The largest absolute Gasteiger partial charge is 0.481 e. The third kappa shape index (κ3) is 28.5. The zero-order chi connectivity index (χ0) is 67.8. The van der Waals surface area contributed by atoms with E-state index in [1.807, 2.05) is 73.7 Å². The molecule has 0 spiro atoms. The molecule has 27 heteroatoms. The lowest BCUT2D eigenvalue weighted by atomic mass is 9.77. The van der Waals surface area contributed by atoms with E-state index in [-0.39, 0.29) is 140 Å². The summed E-state index contributed by atoms with van der Waals surface area (Å²) in [5.41, 5.74) is 3.13. The molecule has 1 heterocycles. The van der Waals surface area contributed by atoms with Gasteiger partial charge in [0.1, 0.15) is 30.0 Å². The molecule has 1 saturated carbocycles. The highest BCUT2D eigenvalue weighted by molar-refractivity contribution is 5.90. The van der Waals surface area contributed by atoms with E-state index in [9.17, 15) is 83.1 Å². The number of carbonyl (C=O) groups excluding carboxylic acids is 6. The molecular formula is C66H93N9O18. The van der Waals surface area contributed by atoms with Crippen LogP contribution in [-0.4, -0.2) is 213 Å². The SMILES string of the molecule is Cc1ccc(CCCC(=O)NCCCC[C@H](NC(=O)CCC(C(=O)O)N2CCN(CC(=O)O)CCN(CC(=O)O)CC2)C(=O)NCC2CCC(C(=O)C[C@H](Cc3ccc4ccccc4c3)C(=O)NCCCC[C@@H](NC(=O)N[C@H](CCC(=O)O)C(=O)O)C(=O)O)CC2)cc1. The number of aryl methyl sites for hydroxylation is 2. The van der Waals surface area contributed by atoms with Crippen LogP contribution < -0.4 is 31.9 Å². The number of nitrogens with one attached hydrogen (secondary N) is 6. The highest BCUT2D eigenvalue weighted by Crippen LogP contribution is 2.32. The summed E-state index contributed by atoms with van der Waals surface area (Å²) in [6.07, 6.45) is 4.24. The lowest BCUT2D eigenvalue weighted by Gasteiger charge is -2.30. The van der Waals surface area contributed by atoms with Crippen LogP contribution in [0.3, 0.4) is 0 Å². The van der Waals surface area contributed by atoms with E-state index in [1.165, 1.54) is 0 Å². The molecule has 1 saturated heterocycles. The number of carboxylic acid groups (broad SMARTS) is 6. The van der Waals surface area contributed by atoms with Crippen LogP contribution >= 0.6 is 0 Å². The molecule has 2 aliphatic rings. The minimum Gasteiger partial charge on any atom is -0.481 e. The number of benzene rings is 3. The molecule has 1 aliphatic heterocycles. The van der Waals surface area contributed by atoms with Gasteiger partial charge in [-0.15, -0.1) is 0 Å². The summed E-state index contributed by atoms with van der Waals surface area (Å²) in [5.74, 6) is -10.3. The summed E-state index contributed by atoms with van der Waals surface area (Å²) in [5, 5.41) is 75.4. The Kier molecular flexibility index (Phi) is 32.1. The van der Waals surface area contributed by atoms with Crippen molar-refractivity contribution in [1.82, 2.24) is 46.6 Å². The Morgan fingerprint density at radius 2 is 1.08 bits per heavy atom. The van der Waals surface area contributed by atoms with Crippen LogP contribution in [-0.2, 0) is 65.6 Å². The number of Topliss-reactive ketones (excluding diaryl/α,β-unsaturated/α-hetero) is 1. The lowest BCUT2D eigenvalue weighted by Crippen LogP contribution is -2.51. The molecule has 27 nitrogen and oxygen atoms in total. The average molecular weight is 1300 g/mol. The van der Waals surface area contributed by atoms with Gasteiger partial charge in [0.2, 0.25) is 23.6 Å². The number of hydrogen-bond donors (Lipinski definition) is 12. The van der Waals surface area contributed by atoms with E-state index in [0.29, 0.717) is 64.3 Å². The molecule has 0 radical (unpaired) electrons. The van der Waals surface area contributed by atoms with Crippen LogP contribution in [0.2, 0.25) is 0 Å². The zero-order valence-electron chi connectivity index (χ0n) is 53.0. The average Bonchev–Trinajstić information content (AvgIpc) is 3.68. The van der Waals surface area contributed by atoms with Gasteiger partial charge in [-0.3, -0.25) is 57.9 Å². The summed E-state index contributed by atoms with van der Waals surface area (Å²) in [4.78, 5) is 157. The van der Waals surface area contributed by atoms with Gasteiger partial charge in [0, 0.05) is 96.4 Å². The van der Waals surface area contributed by atoms with Crippen molar-refractivity contribution in [2.24, 2.45) is 17.8 Å². The fraction of sp³-hybridized carbons (Fsp3) is 0.576. The molecule has 5 rings (SSSR count). The van der Waals surface area contributed by atoms with Crippen molar-refractivity contribution in [3.63, 3.8) is 0 Å². The van der Waals surface area contributed by atoms with Crippen molar-refractivity contribution < 1.29 is 88.2 Å². The van der Waals surface area contributed by atoms with Gasteiger partial charge >= 0.3 is 41.8 Å². The molecule has 5 atom stereocenters. The second-order valence-corrected chi connectivity index (χ2v) is 24.4. The van der Waals surface area contributed by atoms with Gasteiger partial charge in [-0.2, -0.15) is 0 Å². The molecule has 93 heavy (non-hydrogen) atoms. The van der Waals surface area contributed by atoms with Crippen LogP contribution in [0.4, 0.5) is 4.79 Å². The second kappa shape index (κ2) is 39.8. The first-order valence-corrected chi connectivity index (χ1v) is 32.2. The molecule has 510 valence electrons. The summed E-state index contributed by atoms with van der Waals surface area (Å²) in [6, 6.07) is 15.4. The predicted octanol–water partition coefficient (Wildman–Crippen LogP) is 3.66. The Morgan fingerprint density at radius 1 is 0.505 bits per heavy atom. The van der Waals surface area contributed by atoms with Gasteiger partial charge in [0.05, 0.1) is 13.1 Å². The van der Waals surface area contributed by atoms with Gasteiger partial charge in [-0.05, 0) is 131 Å². The number of nitrogens with zero attached hydrogens (tertiary/aromatic N) is 3. The molecule has 0 bridgehead atoms. The molecule has 12 N–H and O–H groups in total. The summed E-state index contributed by atoms with van der Waals surface area (Å²) in [6.45, 7) is 3.19. The van der Waals surface area contributed by atoms with Gasteiger partial charge in [0.25, 0.3) is 0 Å². The summed E-state index contributed by atoms with van der Waals surface area (Å²) >= 11 is 0. The summed E-state index contributed by atoms with van der Waals surface area (Å²) < 4.78 is 0. The van der Waals surface area contributed by atoms with Gasteiger partial charge in [-0.25, -0.2) is 14.4 Å². The van der Waals surface area contributed by atoms with Crippen LogP contribution in [0, 0.1) is 24.7 Å². The van der Waals surface area contributed by atoms with E-state index in [4.69, 9.17) is 5.11 Å². The molecule has 2 fully saturated rings. The number of unbranched alkanes of at least 4 members (excludes halogenated alkanes) is 2. The fourth-order valence-corrected chi connectivity index (χ4v) is 11.8. The first-order valence-electron chi connectivity index (χ1n) is 32.2. The number of hydrogen-bond acceptors (Lipinski definition) is 15. The number of urea groups is 1. The Bertz CT molecular complexity index is 2980. The lowest BCUT2D eigenvalue weighted by molar-refractivity contribution is -0.145. The smallest absolute Gasteiger partial charge is 0.326 e. The van der Waals surface area contributed by atoms with Crippen molar-refractivity contribution in [2.45, 2.75) is 153 Å². The molecule has 3 aromatic carbocycles. The van der Waals surface area contributed by atoms with E-state index in [1.54, 1.807) is 14.7 Å². The summed E-state index contributed by atoms with van der Waals surface area (Å²) in [7, 11) is 0. The maximum absolute atomic E-state index is 14.2. The highest BCUT2D eigenvalue weighted by atomic mass is 16.4. The Labute approximate surface area is 541 Å². The first kappa shape index (κ1) is 75.2. The highest BCUT2D eigenvalue weighted by Gasteiger charge is 2.33. The second-order valence-electron chi connectivity index (χ2n) is 24.4. The van der Waals surface area contributed by atoms with Crippen LogP contribution in [0.1, 0.15) is 126 Å². The van der Waals surface area contributed by atoms with Crippen LogP contribution in [0.15, 0.2) is 66.7 Å². The molecule has 1 aliphatic carbocycles. The predicted molar refractivity (Wildman–Crippen MR) is 341 cm³/mol. The third-order valence-corrected chi connectivity index (χ3v) is 17.2. The Hall–Kier alpha value is -8.56. The van der Waals surface area contributed by atoms with Crippen molar-refractivity contribution in [2.75, 3.05) is 72.0 Å². The minimum absolute atomic E-state index is 0.0285. The molecule has 1 unspecified atom stereocenters. The number of aliphatic carboxylic acids is 6. The molecular weight excluding hydrogens is 1210 g/mol. The number of fused-ring (bicyclic) bond motifs is 1. The van der Waals surface area contributed by atoms with Crippen molar-refractivity contribution in [1.29, 1.82) is 0 Å². The van der Waals surface area contributed by atoms with Crippen molar-refractivity contribution >= 4 is 82.0 Å². The topological polar surface area (TPSA) is 408 Å². The van der Waals surface area contributed by atoms with Crippen molar-refractivity contribution in [3.05, 3.63) is 83.4 Å². The first-order chi connectivity index (χ1) is 44.4. The van der Waals surface area contributed by atoms with Gasteiger partial charge < -0.3 is 62.5 Å². The Balaban J connectivity index is 1.17. The number of carboxylic acids is 6. The van der Waals surface area contributed by atoms with E-state index >= 15 is 0 Å². The van der Waals surface area contributed by atoms with E-state index < -0.39 is 96.6 Å². The number of carbonyl (C=O) groups is 12. The zero-order valence-corrected chi connectivity index (χ0v) is 53.0. The van der Waals surface area contributed by atoms with E-state index in [0.717, 1.165) is 33.9 Å². The van der Waals surface area contributed by atoms with E-state index in [2.05, 4.69) is 31.9 Å². The molecule has 3 aromatic rings. The normalized spacial score (nSPS) is 17.3. The third-order valence-electron chi connectivity index (χ3n) is 17.2. The maximum Gasteiger partial charge on any atom is 0.326 e. The fourth-order valence-electron chi connectivity index (χ4n) is 11.8. The maximum atomic E-state index is 14.2. The number of ketones is 1. The quantitative estimate of drug-likeness (QED) is 0.0361. The number of amides is 6. The molecule has 6 amide bonds. The van der Waals surface area contributed by atoms with Gasteiger partial charge in [-0.1, -0.05) is 72.3 Å². The Morgan fingerprint density at radius 3 is 1.67 bits per heavy atom. The minimum atomic E-state index is -1.56. The molecule has 0 aromatic heterocycles. The monoisotopic (exact) mass is 1300 g/mol. The van der Waals surface area contributed by atoms with Gasteiger partial charge in [0.15, 0.2) is 0 Å². The standard InChI is InChI=1S/C66H93N9O18/c1-43-15-17-44(18-16-43)9-8-14-56(77)67-29-6-4-12-51(70-57(78)27-26-54(65(91)92)75-35-33-73(41-59(81)82)31-32-74(34-36-75)42-60(83)84)62(86)69-40-45-19-23-48(24-20-45)55(76)39-50(38-46-21-22-47-10-2-3-11-49(47)37-46)61(85)68-30-7-5-13-52(63(87)88)71-66(93)72-53(64(89)90)25-28-58(79)80/h2-3,10-11,15-18,21-22,37,45,48,50-54H,4-9,12-14,19-20,23-36,38-42H2,1H3,(H,67,77)(H,68,85)(H,69,86)(H,70,78)(H,79,80)(H,81,82)(H,83,84)(H,87,88)(H,89,90)(H,91,92)(H2,71,72,93)/t45?,48?,50-,51-,52+,53+,54?/m0/s1. The van der Waals surface area contributed by atoms with Crippen LogP contribution in [0.25, 0.3) is 10.8 Å². The van der Waals surface area contributed by atoms with Crippen molar-refractivity contribution in [3.8, 4) is 0 Å². The van der Waals surface area contributed by atoms with Crippen LogP contribution in [0.5, 0.6) is 0 Å².